The summed E-state index contributed by atoms with van der Waals surface area (Å²) in [5.74, 6) is -1.21. The lowest BCUT2D eigenvalue weighted by atomic mass is 9.79. The van der Waals surface area contributed by atoms with Gasteiger partial charge in [-0.2, -0.15) is 0 Å². The van der Waals surface area contributed by atoms with Gasteiger partial charge < -0.3 is 10.1 Å². The van der Waals surface area contributed by atoms with Gasteiger partial charge in [0.25, 0.3) is 5.91 Å². The molecule has 3 aromatic rings. The summed E-state index contributed by atoms with van der Waals surface area (Å²) in [5.41, 5.74) is 3.08. The highest BCUT2D eigenvalue weighted by Crippen LogP contribution is 2.43. The van der Waals surface area contributed by atoms with Gasteiger partial charge >= 0.3 is 5.97 Å². The van der Waals surface area contributed by atoms with E-state index < -0.39 is 23.4 Å². The van der Waals surface area contributed by atoms with E-state index in [2.05, 4.69) is 5.32 Å². The molecule has 0 aromatic heterocycles. The summed E-state index contributed by atoms with van der Waals surface area (Å²) in [7, 11) is 0. The number of halogens is 1. The quantitative estimate of drug-likeness (QED) is 0.461. The lowest BCUT2D eigenvalue weighted by Gasteiger charge is -2.30. The zero-order chi connectivity index (χ0) is 23.4. The van der Waals surface area contributed by atoms with Gasteiger partial charge in [-0.1, -0.05) is 67.4 Å². The third-order valence-corrected chi connectivity index (χ3v) is 6.46. The molecule has 170 valence electrons. The highest BCUT2D eigenvalue weighted by Gasteiger charge is 2.45. The molecule has 0 heterocycles. The topological polar surface area (TPSA) is 55.4 Å². The molecule has 33 heavy (non-hydrogen) atoms. The predicted molar refractivity (Wildman–Crippen MR) is 126 cm³/mol. The van der Waals surface area contributed by atoms with E-state index in [4.69, 9.17) is 4.74 Å². The zero-order valence-electron chi connectivity index (χ0n) is 18.9. The second-order valence-corrected chi connectivity index (χ2v) is 8.80. The summed E-state index contributed by atoms with van der Waals surface area (Å²) in [4.78, 5) is 27.0. The van der Waals surface area contributed by atoms with Crippen LogP contribution in [0.3, 0.4) is 0 Å². The number of nitrogens with one attached hydrogen (secondary N) is 1. The van der Waals surface area contributed by atoms with Crippen LogP contribution in [0.15, 0.2) is 72.8 Å². The maximum absolute atomic E-state index is 13.6. The van der Waals surface area contributed by atoms with Gasteiger partial charge in [-0.25, -0.2) is 4.39 Å². The SMILES string of the molecule is Cc1ccc(C)c(NC(=O)C(OC(=O)C2(c3ccc(F)cc3)CCCC2)c2ccccc2)c1. The minimum atomic E-state index is -1.10. The van der Waals surface area contributed by atoms with Crippen LogP contribution in [0.25, 0.3) is 0 Å². The van der Waals surface area contributed by atoms with Gasteiger partial charge in [0.15, 0.2) is 0 Å². The van der Waals surface area contributed by atoms with E-state index in [0.29, 0.717) is 24.1 Å². The normalized spacial score (nSPS) is 15.6. The molecule has 5 heteroatoms. The van der Waals surface area contributed by atoms with Crippen molar-refractivity contribution in [2.75, 3.05) is 5.32 Å². The lowest BCUT2D eigenvalue weighted by molar-refractivity contribution is -0.160. The molecular formula is C28H28FNO3. The third kappa shape index (κ3) is 4.82. The van der Waals surface area contributed by atoms with E-state index in [9.17, 15) is 14.0 Å². The van der Waals surface area contributed by atoms with Crippen LogP contribution < -0.4 is 5.32 Å². The molecule has 1 atom stereocenters. The Hall–Kier alpha value is -3.47. The van der Waals surface area contributed by atoms with Crippen molar-refractivity contribution in [3.05, 3.63) is 101 Å². The van der Waals surface area contributed by atoms with Crippen molar-refractivity contribution in [2.45, 2.75) is 51.0 Å². The molecule has 0 saturated heterocycles. The number of ether oxygens (including phenoxy) is 1. The van der Waals surface area contributed by atoms with E-state index in [0.717, 1.165) is 29.5 Å². The molecule has 0 radical (unpaired) electrons. The highest BCUT2D eigenvalue weighted by atomic mass is 19.1. The van der Waals surface area contributed by atoms with Crippen molar-refractivity contribution in [3.63, 3.8) is 0 Å². The van der Waals surface area contributed by atoms with Gasteiger partial charge in [-0.15, -0.1) is 0 Å². The second-order valence-electron chi connectivity index (χ2n) is 8.80. The van der Waals surface area contributed by atoms with Crippen LogP contribution in [0.5, 0.6) is 0 Å². The van der Waals surface area contributed by atoms with Gasteiger partial charge in [0.2, 0.25) is 6.10 Å². The van der Waals surface area contributed by atoms with Crippen LogP contribution in [0.4, 0.5) is 10.1 Å². The first kappa shape index (κ1) is 22.7. The van der Waals surface area contributed by atoms with Crippen molar-refractivity contribution in [3.8, 4) is 0 Å². The van der Waals surface area contributed by atoms with Crippen molar-refractivity contribution in [1.29, 1.82) is 0 Å². The van der Waals surface area contributed by atoms with Gasteiger partial charge in [-0.05, 0) is 61.6 Å². The Bertz CT molecular complexity index is 1140. The highest BCUT2D eigenvalue weighted by molar-refractivity contribution is 5.97. The average molecular weight is 446 g/mol. The van der Waals surface area contributed by atoms with Crippen LogP contribution >= 0.6 is 0 Å². The fourth-order valence-corrected chi connectivity index (χ4v) is 4.55. The number of amides is 1. The molecule has 0 spiro atoms. The minimum Gasteiger partial charge on any atom is -0.447 e. The molecule has 4 nitrogen and oxygen atoms in total. The molecule has 3 aromatic carbocycles. The number of hydrogen-bond acceptors (Lipinski definition) is 3. The Kier molecular flexibility index (Phi) is 6.59. The van der Waals surface area contributed by atoms with Gasteiger partial charge in [0, 0.05) is 11.3 Å². The van der Waals surface area contributed by atoms with Crippen LogP contribution in [0, 0.1) is 19.7 Å². The first-order chi connectivity index (χ1) is 15.9. The Morgan fingerprint density at radius 3 is 2.27 bits per heavy atom. The molecule has 1 N–H and O–H groups in total. The Balaban J connectivity index is 1.65. The van der Waals surface area contributed by atoms with Crippen molar-refractivity contribution in [2.24, 2.45) is 0 Å². The summed E-state index contributed by atoms with van der Waals surface area (Å²) >= 11 is 0. The Morgan fingerprint density at radius 1 is 0.939 bits per heavy atom. The second kappa shape index (κ2) is 9.57. The molecular weight excluding hydrogens is 417 g/mol. The Labute approximate surface area is 193 Å². The fraction of sp³-hybridized carbons (Fsp3) is 0.286. The minimum absolute atomic E-state index is 0.352. The van der Waals surface area contributed by atoms with Crippen LogP contribution in [-0.4, -0.2) is 11.9 Å². The van der Waals surface area contributed by atoms with Gasteiger partial charge in [-0.3, -0.25) is 9.59 Å². The number of carbonyl (C=O) groups is 2. The first-order valence-corrected chi connectivity index (χ1v) is 11.3. The van der Waals surface area contributed by atoms with Crippen LogP contribution in [0.1, 0.15) is 54.0 Å². The van der Waals surface area contributed by atoms with E-state index >= 15 is 0 Å². The third-order valence-electron chi connectivity index (χ3n) is 6.46. The zero-order valence-corrected chi connectivity index (χ0v) is 18.9. The van der Waals surface area contributed by atoms with E-state index in [1.54, 1.807) is 24.3 Å². The van der Waals surface area contributed by atoms with Crippen molar-refractivity contribution in [1.82, 2.24) is 0 Å². The number of hydrogen-bond donors (Lipinski definition) is 1. The van der Waals surface area contributed by atoms with Gasteiger partial charge in [0.05, 0.1) is 5.41 Å². The van der Waals surface area contributed by atoms with Gasteiger partial charge in [0.1, 0.15) is 5.82 Å². The maximum Gasteiger partial charge on any atom is 0.317 e. The maximum atomic E-state index is 13.6. The van der Waals surface area contributed by atoms with E-state index in [1.807, 2.05) is 50.2 Å². The summed E-state index contributed by atoms with van der Waals surface area (Å²) < 4.78 is 19.5. The van der Waals surface area contributed by atoms with Crippen molar-refractivity contribution < 1.29 is 18.7 Å². The molecule has 1 aliphatic rings. The van der Waals surface area contributed by atoms with E-state index in [1.165, 1.54) is 12.1 Å². The Morgan fingerprint density at radius 2 is 1.61 bits per heavy atom. The molecule has 1 fully saturated rings. The number of carbonyl (C=O) groups excluding carboxylic acids is 2. The monoisotopic (exact) mass is 445 g/mol. The van der Waals surface area contributed by atoms with Crippen LogP contribution in [0.2, 0.25) is 0 Å². The lowest BCUT2D eigenvalue weighted by Crippen LogP contribution is -2.38. The molecule has 1 saturated carbocycles. The predicted octanol–water partition coefficient (Wildman–Crippen LogP) is 6.18. The number of rotatable bonds is 6. The number of aryl methyl sites for hydroxylation is 2. The summed E-state index contributed by atoms with van der Waals surface area (Å²) in [6.45, 7) is 3.87. The summed E-state index contributed by atoms with van der Waals surface area (Å²) in [6, 6.07) is 20.9. The number of anilines is 1. The molecule has 1 unspecified atom stereocenters. The molecule has 0 aliphatic heterocycles. The fourth-order valence-electron chi connectivity index (χ4n) is 4.55. The largest absolute Gasteiger partial charge is 0.447 e. The summed E-state index contributed by atoms with van der Waals surface area (Å²) in [5, 5.41) is 2.94. The molecule has 4 rings (SSSR count). The van der Waals surface area contributed by atoms with Crippen LogP contribution in [-0.2, 0) is 19.7 Å². The molecule has 1 aliphatic carbocycles. The summed E-state index contributed by atoms with van der Waals surface area (Å²) in [6.07, 6.45) is 1.86. The average Bonchev–Trinajstić information content (AvgIpc) is 3.32. The number of benzene rings is 3. The van der Waals surface area contributed by atoms with Crippen molar-refractivity contribution >= 4 is 17.6 Å². The van der Waals surface area contributed by atoms with E-state index in [-0.39, 0.29) is 5.82 Å². The smallest absolute Gasteiger partial charge is 0.317 e. The standard InChI is InChI=1S/C28H28FNO3/c1-19-10-11-20(2)24(18-19)30-26(31)25(21-8-4-3-5-9-21)33-27(32)28(16-6-7-17-28)22-12-14-23(29)15-13-22/h3-5,8-15,18,25H,6-7,16-17H2,1-2H3,(H,30,31). The molecule has 1 amide bonds. The first-order valence-electron chi connectivity index (χ1n) is 11.3. The molecule has 0 bridgehead atoms. The number of esters is 1.